The van der Waals surface area contributed by atoms with E-state index in [0.29, 0.717) is 0 Å². The number of aromatic nitrogens is 2. The van der Waals surface area contributed by atoms with Crippen molar-refractivity contribution in [1.29, 1.82) is 0 Å². The maximum Gasteiger partial charge on any atom is 0.123 e. The van der Waals surface area contributed by atoms with Crippen LogP contribution in [0.3, 0.4) is 0 Å². The van der Waals surface area contributed by atoms with Gasteiger partial charge in [-0.1, -0.05) is 18.2 Å². The fourth-order valence-corrected chi connectivity index (χ4v) is 2.47. The van der Waals surface area contributed by atoms with Gasteiger partial charge in [0.05, 0.1) is 11.0 Å². The van der Waals surface area contributed by atoms with Gasteiger partial charge in [0.25, 0.3) is 0 Å². The zero-order valence-corrected chi connectivity index (χ0v) is 9.28. The zero-order valence-electron chi connectivity index (χ0n) is 9.28. The third-order valence-corrected chi connectivity index (χ3v) is 3.06. The molecule has 0 bridgehead atoms. The molecular weight excluding hydrogens is 184 g/mol. The highest BCUT2D eigenvalue weighted by Gasteiger charge is 2.31. The summed E-state index contributed by atoms with van der Waals surface area (Å²) in [7, 11) is 0. The molecule has 0 atom stereocenters. The Labute approximate surface area is 89.2 Å². The van der Waals surface area contributed by atoms with E-state index in [1.165, 1.54) is 11.2 Å². The van der Waals surface area contributed by atoms with E-state index in [9.17, 15) is 0 Å². The molecular formula is C13H14N2. The summed E-state index contributed by atoms with van der Waals surface area (Å²) in [5, 5.41) is 0. The molecule has 3 rings (SSSR count). The zero-order chi connectivity index (χ0) is 10.6. The molecule has 0 amide bonds. The smallest absolute Gasteiger partial charge is 0.123 e. The van der Waals surface area contributed by atoms with Crippen molar-refractivity contribution in [2.24, 2.45) is 0 Å². The Kier molecular flexibility index (Phi) is 1.46. The number of nitrogens with zero attached hydrogens (tertiary/aromatic N) is 2. The first-order chi connectivity index (χ1) is 7.09. The molecule has 1 aliphatic heterocycles. The van der Waals surface area contributed by atoms with Crippen LogP contribution in [0.2, 0.25) is 0 Å². The molecule has 0 unspecified atom stereocenters. The van der Waals surface area contributed by atoms with Crippen LogP contribution in [0.5, 0.6) is 0 Å². The summed E-state index contributed by atoms with van der Waals surface area (Å²) in [4.78, 5) is 4.71. The first kappa shape index (κ1) is 8.72. The number of imidazole rings is 1. The molecule has 0 radical (unpaired) electrons. The summed E-state index contributed by atoms with van der Waals surface area (Å²) >= 11 is 0. The van der Waals surface area contributed by atoms with Crippen LogP contribution >= 0.6 is 0 Å². The first-order valence-electron chi connectivity index (χ1n) is 5.27. The van der Waals surface area contributed by atoms with Gasteiger partial charge in [0.15, 0.2) is 0 Å². The van der Waals surface area contributed by atoms with Gasteiger partial charge in [0.2, 0.25) is 0 Å². The molecule has 1 aromatic carbocycles. The third kappa shape index (κ3) is 1.02. The molecule has 0 saturated heterocycles. The van der Waals surface area contributed by atoms with Crippen molar-refractivity contribution in [3.8, 4) is 0 Å². The van der Waals surface area contributed by atoms with Crippen molar-refractivity contribution in [3.05, 3.63) is 36.2 Å². The minimum atomic E-state index is 0.0586. The molecule has 76 valence electrons. The molecule has 0 aliphatic carbocycles. The molecule has 2 aromatic rings. The van der Waals surface area contributed by atoms with Crippen molar-refractivity contribution in [3.63, 3.8) is 0 Å². The summed E-state index contributed by atoms with van der Waals surface area (Å²) in [6.07, 6.45) is 2.28. The van der Waals surface area contributed by atoms with Crippen LogP contribution in [-0.2, 0) is 5.41 Å². The minimum Gasteiger partial charge on any atom is -0.300 e. The largest absolute Gasteiger partial charge is 0.300 e. The number of hydrogen-bond acceptors (Lipinski definition) is 1. The highest BCUT2D eigenvalue weighted by molar-refractivity contribution is 5.82. The average Bonchev–Trinajstić information content (AvgIpc) is 2.64. The monoisotopic (exact) mass is 198 g/mol. The van der Waals surface area contributed by atoms with E-state index >= 15 is 0 Å². The number of fused-ring (bicyclic) bond motifs is 3. The van der Waals surface area contributed by atoms with E-state index in [1.54, 1.807) is 0 Å². The predicted octanol–water partition coefficient (Wildman–Crippen LogP) is 3.19. The molecule has 2 heterocycles. The van der Waals surface area contributed by atoms with Crippen molar-refractivity contribution in [2.45, 2.75) is 26.2 Å². The lowest BCUT2D eigenvalue weighted by Crippen LogP contribution is -2.13. The Balaban J connectivity index is 2.45. The fraction of sp³-hybridized carbons (Fsp3) is 0.308. The Morgan fingerprint density at radius 3 is 2.73 bits per heavy atom. The van der Waals surface area contributed by atoms with Crippen LogP contribution in [-0.4, -0.2) is 9.55 Å². The van der Waals surface area contributed by atoms with Crippen LogP contribution in [0.1, 0.15) is 26.6 Å². The second kappa shape index (κ2) is 2.51. The number of rotatable bonds is 0. The van der Waals surface area contributed by atoms with E-state index in [2.05, 4.69) is 49.6 Å². The predicted molar refractivity (Wildman–Crippen MR) is 62.7 cm³/mol. The SMILES string of the molecule is CC1=CC(C)(C)c2nc3ccccc3n21. The molecule has 2 heteroatoms. The van der Waals surface area contributed by atoms with Gasteiger partial charge < -0.3 is 0 Å². The van der Waals surface area contributed by atoms with Crippen LogP contribution in [0.25, 0.3) is 16.7 Å². The van der Waals surface area contributed by atoms with Crippen LogP contribution in [0.15, 0.2) is 30.3 Å². The third-order valence-electron chi connectivity index (χ3n) is 3.06. The molecule has 0 saturated carbocycles. The van der Waals surface area contributed by atoms with Crippen LogP contribution < -0.4 is 0 Å². The van der Waals surface area contributed by atoms with Gasteiger partial charge >= 0.3 is 0 Å². The van der Waals surface area contributed by atoms with Crippen molar-refractivity contribution >= 4 is 16.7 Å². The molecule has 15 heavy (non-hydrogen) atoms. The molecule has 0 fully saturated rings. The van der Waals surface area contributed by atoms with Crippen LogP contribution in [0, 0.1) is 0 Å². The standard InChI is InChI=1S/C13H14N2/c1-9-8-13(2,3)12-14-10-6-4-5-7-11(10)15(9)12/h4-8H,1-3H3. The topological polar surface area (TPSA) is 17.8 Å². The molecule has 1 aromatic heterocycles. The van der Waals surface area contributed by atoms with E-state index in [0.717, 1.165) is 11.3 Å². The fourth-order valence-electron chi connectivity index (χ4n) is 2.47. The van der Waals surface area contributed by atoms with Gasteiger partial charge in [-0.15, -0.1) is 0 Å². The van der Waals surface area contributed by atoms with Gasteiger partial charge in [-0.05, 0) is 32.9 Å². The number of para-hydroxylation sites is 2. The Morgan fingerprint density at radius 2 is 1.93 bits per heavy atom. The molecule has 0 spiro atoms. The van der Waals surface area contributed by atoms with E-state index in [1.807, 2.05) is 6.07 Å². The summed E-state index contributed by atoms with van der Waals surface area (Å²) in [6, 6.07) is 8.31. The molecule has 1 aliphatic rings. The minimum absolute atomic E-state index is 0.0586. The highest BCUT2D eigenvalue weighted by atomic mass is 15.1. The van der Waals surface area contributed by atoms with Crippen molar-refractivity contribution in [1.82, 2.24) is 9.55 Å². The van der Waals surface area contributed by atoms with Gasteiger partial charge in [0, 0.05) is 11.1 Å². The summed E-state index contributed by atoms with van der Waals surface area (Å²) in [5.41, 5.74) is 3.65. The summed E-state index contributed by atoms with van der Waals surface area (Å²) in [5.74, 6) is 1.15. The van der Waals surface area contributed by atoms with Crippen molar-refractivity contribution in [2.75, 3.05) is 0 Å². The lowest BCUT2D eigenvalue weighted by molar-refractivity contribution is 0.638. The summed E-state index contributed by atoms with van der Waals surface area (Å²) in [6.45, 7) is 6.56. The second-order valence-electron chi connectivity index (χ2n) is 4.77. The molecule has 0 N–H and O–H groups in total. The summed E-state index contributed by atoms with van der Waals surface area (Å²) < 4.78 is 2.26. The quantitative estimate of drug-likeness (QED) is 0.635. The average molecular weight is 198 g/mol. The number of benzene rings is 1. The maximum absolute atomic E-state index is 4.71. The first-order valence-corrected chi connectivity index (χ1v) is 5.27. The normalized spacial score (nSPS) is 17.9. The maximum atomic E-state index is 4.71. The van der Waals surface area contributed by atoms with Gasteiger partial charge in [-0.3, -0.25) is 4.57 Å². The number of allylic oxidation sites excluding steroid dienone is 2. The van der Waals surface area contributed by atoms with Gasteiger partial charge in [-0.25, -0.2) is 4.98 Å². The van der Waals surface area contributed by atoms with E-state index in [4.69, 9.17) is 4.98 Å². The Morgan fingerprint density at radius 1 is 1.20 bits per heavy atom. The Bertz CT molecular complexity index is 573. The number of hydrogen-bond donors (Lipinski definition) is 0. The van der Waals surface area contributed by atoms with E-state index in [-0.39, 0.29) is 5.41 Å². The Hall–Kier alpha value is -1.57. The van der Waals surface area contributed by atoms with Gasteiger partial charge in [0.1, 0.15) is 5.82 Å². The molecule has 2 nitrogen and oxygen atoms in total. The lowest BCUT2D eigenvalue weighted by atomic mass is 9.94. The second-order valence-corrected chi connectivity index (χ2v) is 4.77. The van der Waals surface area contributed by atoms with Gasteiger partial charge in [-0.2, -0.15) is 0 Å². The van der Waals surface area contributed by atoms with Crippen molar-refractivity contribution < 1.29 is 0 Å². The lowest BCUT2D eigenvalue weighted by Gasteiger charge is -2.12. The van der Waals surface area contributed by atoms with Crippen LogP contribution in [0.4, 0.5) is 0 Å². The van der Waals surface area contributed by atoms with E-state index < -0.39 is 0 Å². The highest BCUT2D eigenvalue weighted by Crippen LogP contribution is 2.37.